The van der Waals surface area contributed by atoms with Crippen LogP contribution in [0.1, 0.15) is 11.1 Å². The Kier molecular flexibility index (Phi) is 5.46. The normalized spacial score (nSPS) is 10.6. The van der Waals surface area contributed by atoms with Crippen molar-refractivity contribution in [1.82, 2.24) is 0 Å². The molecule has 0 aliphatic rings. The first-order chi connectivity index (χ1) is 8.47. The number of methoxy groups -OCH3 is 1. The van der Waals surface area contributed by atoms with Crippen LogP contribution in [-0.4, -0.2) is 19.7 Å². The summed E-state index contributed by atoms with van der Waals surface area (Å²) in [6.07, 6.45) is -0.337. The molecule has 7 heteroatoms. The summed E-state index contributed by atoms with van der Waals surface area (Å²) in [7, 11) is 1.15. The van der Waals surface area contributed by atoms with Crippen molar-refractivity contribution in [3.05, 3.63) is 29.1 Å². The Bertz CT molecular complexity index is 438. The Morgan fingerprint density at radius 2 is 2.11 bits per heavy atom. The molecule has 18 heavy (non-hydrogen) atoms. The summed E-state index contributed by atoms with van der Waals surface area (Å²) < 4.78 is 46.4. The highest BCUT2D eigenvalue weighted by Crippen LogP contribution is 2.28. The van der Waals surface area contributed by atoms with Gasteiger partial charge in [0.2, 0.25) is 0 Å². The summed E-state index contributed by atoms with van der Waals surface area (Å²) >= 11 is 3.11. The van der Waals surface area contributed by atoms with E-state index in [0.717, 1.165) is 13.2 Å². The van der Waals surface area contributed by atoms with Crippen molar-refractivity contribution < 1.29 is 27.4 Å². The predicted octanol–water partition coefficient (Wildman–Crippen LogP) is 3.04. The van der Waals surface area contributed by atoms with Gasteiger partial charge < -0.3 is 9.47 Å². The molecule has 100 valence electrons. The van der Waals surface area contributed by atoms with E-state index in [1.807, 2.05) is 0 Å². The molecule has 3 nitrogen and oxygen atoms in total. The van der Waals surface area contributed by atoms with Gasteiger partial charge in [-0.1, -0.05) is 22.0 Å². The van der Waals surface area contributed by atoms with Gasteiger partial charge in [-0.15, -0.1) is 0 Å². The van der Waals surface area contributed by atoms with Crippen LogP contribution in [0.3, 0.4) is 0 Å². The van der Waals surface area contributed by atoms with Crippen LogP contribution in [0.4, 0.5) is 13.2 Å². The molecule has 0 aliphatic heterocycles. The van der Waals surface area contributed by atoms with Gasteiger partial charge in [-0.05, 0) is 11.6 Å². The second kappa shape index (κ2) is 6.63. The Labute approximate surface area is 110 Å². The van der Waals surface area contributed by atoms with Crippen molar-refractivity contribution in [2.45, 2.75) is 18.4 Å². The molecule has 0 atom stereocenters. The number of carbonyl (C=O) groups excluding carboxylic acids is 1. The van der Waals surface area contributed by atoms with E-state index in [9.17, 15) is 18.0 Å². The van der Waals surface area contributed by atoms with E-state index >= 15 is 0 Å². The minimum atomic E-state index is -3.16. The average molecular weight is 327 g/mol. The van der Waals surface area contributed by atoms with Crippen molar-refractivity contribution in [2.75, 3.05) is 7.11 Å². The molecule has 0 fully saturated rings. The minimum Gasteiger partial charge on any atom is -0.469 e. The molecule has 0 unspecified atom stereocenters. The molecule has 1 aromatic rings. The summed E-state index contributed by atoms with van der Waals surface area (Å²) in [5.74, 6) is -2.23. The highest BCUT2D eigenvalue weighted by atomic mass is 79.9. The van der Waals surface area contributed by atoms with Gasteiger partial charge >= 0.3 is 12.6 Å². The van der Waals surface area contributed by atoms with Crippen LogP contribution >= 0.6 is 15.9 Å². The SMILES string of the molecule is COC(=O)Cc1cc(CBr)cc(F)c1OC(F)F. The molecule has 0 bridgehead atoms. The van der Waals surface area contributed by atoms with E-state index in [2.05, 4.69) is 25.4 Å². The number of benzene rings is 1. The first-order valence-corrected chi connectivity index (χ1v) is 5.99. The standard InChI is InChI=1S/C11H10BrF3O3/c1-17-9(16)4-7-2-6(5-12)3-8(13)10(7)18-11(14)15/h2-3,11H,4-5H2,1H3. The van der Waals surface area contributed by atoms with E-state index in [-0.39, 0.29) is 12.0 Å². The van der Waals surface area contributed by atoms with E-state index in [1.54, 1.807) is 0 Å². The summed E-state index contributed by atoms with van der Waals surface area (Å²) in [6, 6.07) is 2.47. The molecular weight excluding hydrogens is 317 g/mol. The lowest BCUT2D eigenvalue weighted by atomic mass is 10.1. The monoisotopic (exact) mass is 326 g/mol. The molecule has 0 aromatic heterocycles. The molecule has 0 aliphatic carbocycles. The number of hydrogen-bond acceptors (Lipinski definition) is 3. The first kappa shape index (κ1) is 14.8. The van der Waals surface area contributed by atoms with Gasteiger partial charge in [-0.3, -0.25) is 4.79 Å². The van der Waals surface area contributed by atoms with E-state index in [1.165, 1.54) is 6.07 Å². The molecule has 1 aromatic carbocycles. The minimum absolute atomic E-state index is 0.0246. The van der Waals surface area contributed by atoms with Crippen LogP contribution in [-0.2, 0) is 21.3 Å². The van der Waals surface area contributed by atoms with Crippen LogP contribution in [0.5, 0.6) is 5.75 Å². The first-order valence-electron chi connectivity index (χ1n) is 4.86. The molecule has 0 radical (unpaired) electrons. The van der Waals surface area contributed by atoms with E-state index < -0.39 is 24.1 Å². The molecule has 0 saturated heterocycles. The number of halogens is 4. The maximum Gasteiger partial charge on any atom is 0.387 e. The number of alkyl halides is 3. The lowest BCUT2D eigenvalue weighted by Gasteiger charge is -2.12. The van der Waals surface area contributed by atoms with Crippen molar-refractivity contribution in [2.24, 2.45) is 0 Å². The Morgan fingerprint density at radius 3 is 2.61 bits per heavy atom. The lowest BCUT2D eigenvalue weighted by Crippen LogP contribution is -2.11. The second-order valence-corrected chi connectivity index (χ2v) is 3.89. The number of esters is 1. The van der Waals surface area contributed by atoms with Gasteiger partial charge in [0.1, 0.15) is 0 Å². The lowest BCUT2D eigenvalue weighted by molar-refractivity contribution is -0.139. The van der Waals surface area contributed by atoms with Crippen molar-refractivity contribution in [1.29, 1.82) is 0 Å². The maximum atomic E-state index is 13.6. The Morgan fingerprint density at radius 1 is 1.44 bits per heavy atom. The van der Waals surface area contributed by atoms with E-state index in [4.69, 9.17) is 0 Å². The fourth-order valence-electron chi connectivity index (χ4n) is 1.37. The van der Waals surface area contributed by atoms with Crippen molar-refractivity contribution >= 4 is 21.9 Å². The van der Waals surface area contributed by atoms with Gasteiger partial charge in [0.25, 0.3) is 0 Å². The quantitative estimate of drug-likeness (QED) is 0.616. The zero-order valence-corrected chi connectivity index (χ0v) is 11.0. The molecule has 0 spiro atoms. The van der Waals surface area contributed by atoms with Crippen LogP contribution < -0.4 is 4.74 Å². The van der Waals surface area contributed by atoms with Gasteiger partial charge in [0, 0.05) is 10.9 Å². The molecule has 0 heterocycles. The molecule has 0 N–H and O–H groups in total. The van der Waals surface area contributed by atoms with Crippen molar-refractivity contribution in [3.8, 4) is 5.75 Å². The predicted molar refractivity (Wildman–Crippen MR) is 61.4 cm³/mol. The molecular formula is C11H10BrF3O3. The average Bonchev–Trinajstić information content (AvgIpc) is 2.32. The molecule has 1 rings (SSSR count). The smallest absolute Gasteiger partial charge is 0.387 e. The third-order valence-electron chi connectivity index (χ3n) is 2.10. The van der Waals surface area contributed by atoms with Gasteiger partial charge in [0.15, 0.2) is 11.6 Å². The zero-order valence-electron chi connectivity index (χ0n) is 9.38. The Hall–Kier alpha value is -1.24. The number of hydrogen-bond donors (Lipinski definition) is 0. The third kappa shape index (κ3) is 3.90. The summed E-state index contributed by atoms with van der Waals surface area (Å²) in [5.41, 5.74) is 0.532. The van der Waals surface area contributed by atoms with Gasteiger partial charge in [0.05, 0.1) is 13.5 Å². The molecule has 0 saturated carbocycles. The van der Waals surface area contributed by atoms with Crippen molar-refractivity contribution in [3.63, 3.8) is 0 Å². The highest BCUT2D eigenvalue weighted by molar-refractivity contribution is 9.08. The van der Waals surface area contributed by atoms with Crippen LogP contribution in [0.15, 0.2) is 12.1 Å². The largest absolute Gasteiger partial charge is 0.469 e. The third-order valence-corrected chi connectivity index (χ3v) is 2.75. The maximum absolute atomic E-state index is 13.6. The van der Waals surface area contributed by atoms with Crippen LogP contribution in [0.25, 0.3) is 0 Å². The van der Waals surface area contributed by atoms with Crippen LogP contribution in [0, 0.1) is 5.82 Å². The second-order valence-electron chi connectivity index (χ2n) is 3.33. The number of ether oxygens (including phenoxy) is 2. The van der Waals surface area contributed by atoms with Gasteiger partial charge in [-0.25, -0.2) is 4.39 Å². The summed E-state index contributed by atoms with van der Waals surface area (Å²) in [5, 5.41) is 0.326. The summed E-state index contributed by atoms with van der Waals surface area (Å²) in [4.78, 5) is 11.1. The topological polar surface area (TPSA) is 35.5 Å². The van der Waals surface area contributed by atoms with E-state index in [0.29, 0.717) is 10.9 Å². The fourth-order valence-corrected chi connectivity index (χ4v) is 1.69. The highest BCUT2D eigenvalue weighted by Gasteiger charge is 2.18. The number of carbonyl (C=O) groups is 1. The fraction of sp³-hybridized carbons (Fsp3) is 0.364. The summed E-state index contributed by atoms with van der Waals surface area (Å²) in [6.45, 7) is -3.16. The number of rotatable bonds is 5. The van der Waals surface area contributed by atoms with Crippen LogP contribution in [0.2, 0.25) is 0 Å². The zero-order chi connectivity index (χ0) is 13.7. The Balaban J connectivity index is 3.15. The van der Waals surface area contributed by atoms with Gasteiger partial charge in [-0.2, -0.15) is 8.78 Å². The molecule has 0 amide bonds.